The molecule has 182 valence electrons. The number of aryl methyl sites for hydroxylation is 1. The Kier molecular flexibility index (Phi) is 5.92. The fraction of sp³-hybridized carbons (Fsp3) is 0.469. The first kappa shape index (κ1) is 22.8. The Hall–Kier alpha value is -2.65. The minimum Gasteiger partial charge on any atom is -0.352 e. The molecular formula is C32H38N2O. The van der Waals surface area contributed by atoms with Crippen LogP contribution in [0.5, 0.6) is 0 Å². The molecule has 3 aromatic carbocycles. The van der Waals surface area contributed by atoms with Crippen LogP contribution in [0.25, 0.3) is 10.8 Å². The van der Waals surface area contributed by atoms with Crippen molar-refractivity contribution in [3.63, 3.8) is 0 Å². The van der Waals surface area contributed by atoms with Gasteiger partial charge >= 0.3 is 0 Å². The van der Waals surface area contributed by atoms with E-state index in [0.717, 1.165) is 24.3 Å². The molecule has 3 aliphatic rings. The standard InChI is InChI=1S/C32H38N2O/c1-22-28-14-13-27(19-29(28)32(2)15-17-34(30(22)20-32)21-24-9-10-24)31(35)33-16-5-6-23-11-12-25-7-3-4-8-26(25)18-23/h3-4,7-8,11-14,18-19,22,24,30H,5-6,9-10,15-17,20-21H2,1-2H3,(H,33,35)/t22-,30-,32?/m1/s1. The van der Waals surface area contributed by atoms with Gasteiger partial charge in [-0.1, -0.05) is 62.4 Å². The predicted molar refractivity (Wildman–Crippen MR) is 144 cm³/mol. The molecule has 0 radical (unpaired) electrons. The molecule has 3 nitrogen and oxygen atoms in total. The number of benzene rings is 3. The Bertz CT molecular complexity index is 1250. The van der Waals surface area contributed by atoms with Gasteiger partial charge in [-0.15, -0.1) is 0 Å². The third-order valence-electron chi connectivity index (χ3n) is 9.04. The lowest BCUT2D eigenvalue weighted by Crippen LogP contribution is -2.54. The van der Waals surface area contributed by atoms with Gasteiger partial charge in [0.1, 0.15) is 0 Å². The molecule has 2 bridgehead atoms. The van der Waals surface area contributed by atoms with E-state index < -0.39 is 0 Å². The molecule has 6 rings (SSSR count). The fourth-order valence-electron chi connectivity index (χ4n) is 6.66. The molecule has 3 aromatic rings. The number of nitrogens with one attached hydrogen (secondary N) is 1. The van der Waals surface area contributed by atoms with Crippen LogP contribution in [0.15, 0.2) is 60.7 Å². The second kappa shape index (κ2) is 9.09. The van der Waals surface area contributed by atoms with Crippen LogP contribution in [0.3, 0.4) is 0 Å². The van der Waals surface area contributed by atoms with Gasteiger partial charge in [-0.2, -0.15) is 0 Å². The summed E-state index contributed by atoms with van der Waals surface area (Å²) in [6, 6.07) is 22.3. The number of carbonyl (C=O) groups excluding carboxylic acids is 1. The van der Waals surface area contributed by atoms with Gasteiger partial charge in [-0.3, -0.25) is 9.69 Å². The molecule has 2 aliphatic carbocycles. The summed E-state index contributed by atoms with van der Waals surface area (Å²) < 4.78 is 0. The highest BCUT2D eigenvalue weighted by atomic mass is 16.1. The van der Waals surface area contributed by atoms with Crippen molar-refractivity contribution in [3.05, 3.63) is 82.9 Å². The normalized spacial score (nSPS) is 25.9. The highest BCUT2D eigenvalue weighted by molar-refractivity contribution is 5.94. The van der Waals surface area contributed by atoms with E-state index in [9.17, 15) is 4.79 Å². The molecule has 3 heteroatoms. The molecule has 1 unspecified atom stereocenters. The molecule has 1 amide bonds. The molecule has 0 spiro atoms. The molecule has 2 fully saturated rings. The van der Waals surface area contributed by atoms with Crippen molar-refractivity contribution in [2.24, 2.45) is 5.92 Å². The van der Waals surface area contributed by atoms with Crippen molar-refractivity contribution in [1.82, 2.24) is 10.2 Å². The summed E-state index contributed by atoms with van der Waals surface area (Å²) >= 11 is 0. The van der Waals surface area contributed by atoms with E-state index in [1.807, 2.05) is 0 Å². The molecule has 0 aromatic heterocycles. The number of rotatable bonds is 7. The number of fused-ring (bicyclic) bond motifs is 5. The van der Waals surface area contributed by atoms with Crippen molar-refractivity contribution in [1.29, 1.82) is 0 Å². The van der Waals surface area contributed by atoms with E-state index in [1.165, 1.54) is 66.2 Å². The zero-order valence-electron chi connectivity index (χ0n) is 21.2. The van der Waals surface area contributed by atoms with Crippen molar-refractivity contribution >= 4 is 16.7 Å². The third-order valence-corrected chi connectivity index (χ3v) is 9.04. The molecule has 1 heterocycles. The van der Waals surface area contributed by atoms with Crippen molar-refractivity contribution in [2.45, 2.75) is 69.7 Å². The summed E-state index contributed by atoms with van der Waals surface area (Å²) in [6.07, 6.45) is 7.20. The monoisotopic (exact) mass is 466 g/mol. The number of nitrogens with zero attached hydrogens (tertiary/aromatic N) is 1. The largest absolute Gasteiger partial charge is 0.352 e. The van der Waals surface area contributed by atoms with Gasteiger partial charge < -0.3 is 5.32 Å². The number of amides is 1. The lowest BCUT2D eigenvalue weighted by atomic mass is 9.61. The molecule has 1 aliphatic heterocycles. The first-order valence-electron chi connectivity index (χ1n) is 13.6. The zero-order valence-corrected chi connectivity index (χ0v) is 21.2. The average molecular weight is 467 g/mol. The third kappa shape index (κ3) is 4.51. The summed E-state index contributed by atoms with van der Waals surface area (Å²) in [4.78, 5) is 15.8. The van der Waals surface area contributed by atoms with E-state index in [0.29, 0.717) is 18.5 Å². The minimum absolute atomic E-state index is 0.0656. The van der Waals surface area contributed by atoms with Crippen LogP contribution in [-0.4, -0.2) is 36.5 Å². The Balaban J connectivity index is 1.10. The first-order valence-corrected chi connectivity index (χ1v) is 13.6. The summed E-state index contributed by atoms with van der Waals surface area (Å²) in [5.74, 6) is 1.55. The van der Waals surface area contributed by atoms with Crippen LogP contribution in [0.4, 0.5) is 0 Å². The van der Waals surface area contributed by atoms with E-state index in [-0.39, 0.29) is 11.3 Å². The molecule has 35 heavy (non-hydrogen) atoms. The van der Waals surface area contributed by atoms with Gasteiger partial charge in [-0.25, -0.2) is 0 Å². The van der Waals surface area contributed by atoms with E-state index >= 15 is 0 Å². The molecule has 1 saturated carbocycles. The quantitative estimate of drug-likeness (QED) is 0.406. The Morgan fingerprint density at radius 2 is 1.89 bits per heavy atom. The zero-order chi connectivity index (χ0) is 24.0. The number of carbonyl (C=O) groups is 1. The lowest BCUT2D eigenvalue weighted by Gasteiger charge is -2.53. The van der Waals surface area contributed by atoms with Crippen LogP contribution in [0, 0.1) is 5.92 Å². The Morgan fingerprint density at radius 3 is 2.71 bits per heavy atom. The summed E-state index contributed by atoms with van der Waals surface area (Å²) in [7, 11) is 0. The minimum atomic E-state index is 0.0656. The average Bonchev–Trinajstić information content (AvgIpc) is 3.70. The second-order valence-electron chi connectivity index (χ2n) is 11.7. The Labute approximate surface area is 209 Å². The van der Waals surface area contributed by atoms with E-state index in [1.54, 1.807) is 0 Å². The summed E-state index contributed by atoms with van der Waals surface area (Å²) in [5.41, 5.74) is 5.24. The highest BCUT2D eigenvalue weighted by Crippen LogP contribution is 2.50. The molecular weight excluding hydrogens is 428 g/mol. The van der Waals surface area contributed by atoms with Gasteiger partial charge in [0.05, 0.1) is 0 Å². The van der Waals surface area contributed by atoms with Crippen LogP contribution in [0.1, 0.15) is 78.9 Å². The smallest absolute Gasteiger partial charge is 0.251 e. The van der Waals surface area contributed by atoms with Crippen LogP contribution >= 0.6 is 0 Å². The number of likely N-dealkylation sites (tertiary alicyclic amines) is 1. The Morgan fingerprint density at radius 1 is 1.06 bits per heavy atom. The predicted octanol–water partition coefficient (Wildman–Crippen LogP) is 6.45. The van der Waals surface area contributed by atoms with E-state index in [2.05, 4.69) is 84.7 Å². The van der Waals surface area contributed by atoms with Gasteiger partial charge in [0.2, 0.25) is 0 Å². The summed E-state index contributed by atoms with van der Waals surface area (Å²) in [5, 5.41) is 5.74. The number of piperidine rings is 1. The van der Waals surface area contributed by atoms with Crippen molar-refractivity contribution in [3.8, 4) is 0 Å². The van der Waals surface area contributed by atoms with Gasteiger partial charge in [0, 0.05) is 24.7 Å². The van der Waals surface area contributed by atoms with Gasteiger partial charge in [0.15, 0.2) is 0 Å². The van der Waals surface area contributed by atoms with Gasteiger partial charge in [0.25, 0.3) is 5.91 Å². The van der Waals surface area contributed by atoms with Crippen molar-refractivity contribution < 1.29 is 4.79 Å². The highest BCUT2D eigenvalue weighted by Gasteiger charge is 2.46. The first-order chi connectivity index (χ1) is 17.0. The second-order valence-corrected chi connectivity index (χ2v) is 11.7. The number of hydrogen-bond donors (Lipinski definition) is 1. The maximum Gasteiger partial charge on any atom is 0.251 e. The molecule has 1 N–H and O–H groups in total. The van der Waals surface area contributed by atoms with Crippen LogP contribution in [-0.2, 0) is 11.8 Å². The topological polar surface area (TPSA) is 32.3 Å². The SMILES string of the molecule is C[C@@H]1c2ccc(C(=O)NCCCc3ccc4ccccc4c3)cc2C2(C)CCN(CC3CC3)[C@@H]1C2. The lowest BCUT2D eigenvalue weighted by molar-refractivity contribution is 0.0671. The summed E-state index contributed by atoms with van der Waals surface area (Å²) in [6.45, 7) is 8.03. The van der Waals surface area contributed by atoms with Crippen LogP contribution in [0.2, 0.25) is 0 Å². The maximum absolute atomic E-state index is 13.0. The van der Waals surface area contributed by atoms with Crippen LogP contribution < -0.4 is 5.32 Å². The molecule has 1 saturated heterocycles. The van der Waals surface area contributed by atoms with Crippen molar-refractivity contribution in [2.75, 3.05) is 19.6 Å². The molecule has 3 atom stereocenters. The maximum atomic E-state index is 13.0. The number of hydrogen-bond acceptors (Lipinski definition) is 2. The van der Waals surface area contributed by atoms with Gasteiger partial charge in [-0.05, 0) is 102 Å². The van der Waals surface area contributed by atoms with E-state index in [4.69, 9.17) is 0 Å². The fourth-order valence-corrected chi connectivity index (χ4v) is 6.66.